The molecule has 0 bridgehead atoms. The summed E-state index contributed by atoms with van der Waals surface area (Å²) in [5.74, 6) is 0.0637. The molecule has 12 heavy (non-hydrogen) atoms. The number of aromatic amines is 1. The largest absolute Gasteiger partial charge is 0.509 e. The van der Waals surface area contributed by atoms with Crippen molar-refractivity contribution in [1.29, 1.82) is 0 Å². The molecule has 2 rings (SSSR count). The van der Waals surface area contributed by atoms with Crippen molar-refractivity contribution in [2.45, 2.75) is 0 Å². The van der Waals surface area contributed by atoms with Crippen LogP contribution in [0.1, 0.15) is 0 Å². The van der Waals surface area contributed by atoms with Crippen molar-refractivity contribution < 1.29 is 5.11 Å². The molecule has 0 unspecified atom stereocenters. The second-order valence-corrected chi connectivity index (χ2v) is 2.66. The highest BCUT2D eigenvalue weighted by Gasteiger charge is 2.04. The molecule has 0 aliphatic carbocycles. The van der Waals surface area contributed by atoms with E-state index in [1.807, 2.05) is 0 Å². The maximum absolute atomic E-state index is 9.27. The lowest BCUT2D eigenvalue weighted by Crippen LogP contribution is -2.11. The van der Waals surface area contributed by atoms with E-state index in [1.165, 1.54) is 6.07 Å². The van der Waals surface area contributed by atoms with E-state index < -0.39 is 0 Å². The molecule has 0 spiro atoms. The summed E-state index contributed by atoms with van der Waals surface area (Å²) in [5, 5.41) is 9.96. The van der Waals surface area contributed by atoms with Gasteiger partial charge < -0.3 is 10.1 Å². The van der Waals surface area contributed by atoms with Crippen LogP contribution in [0.5, 0.6) is 5.75 Å². The van der Waals surface area contributed by atoms with Gasteiger partial charge >= 0.3 is 0 Å². The fourth-order valence-corrected chi connectivity index (χ4v) is 1.27. The summed E-state index contributed by atoms with van der Waals surface area (Å²) < 4.78 is 0. The Labute approximate surface area is 72.4 Å². The highest BCUT2D eigenvalue weighted by atomic mass is 16.3. The molecule has 4 radical (unpaired) electrons. The van der Waals surface area contributed by atoms with Gasteiger partial charge in [-0.3, -0.25) is 0 Å². The number of H-pyrrole nitrogens is 1. The summed E-state index contributed by atoms with van der Waals surface area (Å²) in [7, 11) is 11.2. The van der Waals surface area contributed by atoms with Crippen LogP contribution in [0.25, 0.3) is 10.9 Å². The average molecular weight is 153 g/mol. The third-order valence-electron chi connectivity index (χ3n) is 1.89. The summed E-state index contributed by atoms with van der Waals surface area (Å²) in [4.78, 5) is 2.94. The van der Waals surface area contributed by atoms with Crippen LogP contribution in [0.2, 0.25) is 0 Å². The van der Waals surface area contributed by atoms with Gasteiger partial charge in [0.05, 0.1) is 0 Å². The molecule has 0 fully saturated rings. The van der Waals surface area contributed by atoms with Gasteiger partial charge in [0.15, 0.2) is 0 Å². The molecule has 1 heterocycles. The Bertz CT molecular complexity index is 436. The molecule has 0 aliphatic rings. The first kappa shape index (κ1) is 7.34. The van der Waals surface area contributed by atoms with Gasteiger partial charge in [-0.05, 0) is 29.2 Å². The number of rotatable bonds is 0. The molecule has 0 saturated carbocycles. The molecule has 2 aromatic rings. The van der Waals surface area contributed by atoms with Crippen LogP contribution in [-0.2, 0) is 0 Å². The molecular formula is C8H5B2NO. The van der Waals surface area contributed by atoms with Crippen LogP contribution in [0.15, 0.2) is 18.3 Å². The van der Waals surface area contributed by atoms with Crippen LogP contribution in [0, 0.1) is 0 Å². The van der Waals surface area contributed by atoms with Gasteiger partial charge in [0.2, 0.25) is 0 Å². The Morgan fingerprint density at radius 1 is 1.25 bits per heavy atom. The standard InChI is InChI=1S/C8H5B2NO/c9-4-3-11-5-1-2-6(12)8(10)7(4)5/h1-3,11-12H. The zero-order chi connectivity index (χ0) is 8.72. The Kier molecular flexibility index (Phi) is 1.43. The molecule has 2 nitrogen and oxygen atoms in total. The minimum atomic E-state index is 0.0637. The maximum atomic E-state index is 9.27. The number of hydrogen-bond acceptors (Lipinski definition) is 1. The second-order valence-electron chi connectivity index (χ2n) is 2.66. The molecule has 0 saturated heterocycles. The van der Waals surface area contributed by atoms with Gasteiger partial charge in [-0.1, -0.05) is 5.46 Å². The topological polar surface area (TPSA) is 36.0 Å². The van der Waals surface area contributed by atoms with Crippen LogP contribution >= 0.6 is 0 Å². The number of aromatic nitrogens is 1. The molecule has 0 amide bonds. The zero-order valence-electron chi connectivity index (χ0n) is 6.33. The smallest absolute Gasteiger partial charge is 0.119 e. The summed E-state index contributed by atoms with van der Waals surface area (Å²) in [6.07, 6.45) is 1.65. The lowest BCUT2D eigenvalue weighted by molar-refractivity contribution is 0.480. The van der Waals surface area contributed by atoms with E-state index in [1.54, 1.807) is 12.3 Å². The van der Waals surface area contributed by atoms with E-state index in [0.29, 0.717) is 16.3 Å². The highest BCUT2D eigenvalue weighted by molar-refractivity contribution is 6.48. The van der Waals surface area contributed by atoms with Gasteiger partial charge in [-0.25, -0.2) is 0 Å². The van der Waals surface area contributed by atoms with Gasteiger partial charge in [-0.2, -0.15) is 0 Å². The van der Waals surface area contributed by atoms with E-state index in [0.717, 1.165) is 5.52 Å². The van der Waals surface area contributed by atoms with E-state index >= 15 is 0 Å². The first-order valence-electron chi connectivity index (χ1n) is 3.54. The number of benzene rings is 1. The maximum Gasteiger partial charge on any atom is 0.119 e. The van der Waals surface area contributed by atoms with Crippen molar-refractivity contribution in [2.24, 2.45) is 0 Å². The minimum absolute atomic E-state index is 0.0637. The molecule has 54 valence electrons. The first-order chi connectivity index (χ1) is 5.70. The van der Waals surface area contributed by atoms with Crippen molar-refractivity contribution >= 4 is 37.5 Å². The fraction of sp³-hybridized carbons (Fsp3) is 0. The van der Waals surface area contributed by atoms with E-state index in [-0.39, 0.29) is 5.75 Å². The number of phenolic OH excluding ortho intramolecular Hbond substituents is 1. The first-order valence-corrected chi connectivity index (χ1v) is 3.54. The van der Waals surface area contributed by atoms with Crippen molar-refractivity contribution in [2.75, 3.05) is 0 Å². The summed E-state index contributed by atoms with van der Waals surface area (Å²) in [5.41, 5.74) is 1.72. The quantitative estimate of drug-likeness (QED) is 0.489. The predicted octanol–water partition coefficient (Wildman–Crippen LogP) is -0.539. The minimum Gasteiger partial charge on any atom is -0.509 e. The third kappa shape index (κ3) is 0.843. The normalized spacial score (nSPS) is 10.7. The Balaban J connectivity index is 2.96. The summed E-state index contributed by atoms with van der Waals surface area (Å²) >= 11 is 0. The molecule has 4 heteroatoms. The van der Waals surface area contributed by atoms with Gasteiger partial charge in [-0.15, -0.1) is 0 Å². The summed E-state index contributed by atoms with van der Waals surface area (Å²) in [6, 6.07) is 3.27. The third-order valence-corrected chi connectivity index (χ3v) is 1.89. The Hall–Kier alpha value is -1.31. The van der Waals surface area contributed by atoms with E-state index in [9.17, 15) is 5.11 Å². The van der Waals surface area contributed by atoms with Crippen LogP contribution < -0.4 is 10.9 Å². The van der Waals surface area contributed by atoms with Crippen molar-refractivity contribution in [3.63, 3.8) is 0 Å². The lowest BCUT2D eigenvalue weighted by atomic mass is 9.85. The van der Waals surface area contributed by atoms with Crippen LogP contribution in [0.3, 0.4) is 0 Å². The van der Waals surface area contributed by atoms with E-state index in [2.05, 4.69) is 4.98 Å². The SMILES string of the molecule is [B]c1c[nH]c2ccc(O)c([B])c12. The van der Waals surface area contributed by atoms with Crippen molar-refractivity contribution in [1.82, 2.24) is 4.98 Å². The van der Waals surface area contributed by atoms with E-state index in [4.69, 9.17) is 15.7 Å². The monoisotopic (exact) mass is 153 g/mol. The highest BCUT2D eigenvalue weighted by Crippen LogP contribution is 2.12. The summed E-state index contributed by atoms with van der Waals surface area (Å²) in [6.45, 7) is 0. The molecule has 1 aromatic carbocycles. The number of aromatic hydroxyl groups is 1. The van der Waals surface area contributed by atoms with Crippen molar-refractivity contribution in [3.05, 3.63) is 18.3 Å². The van der Waals surface area contributed by atoms with Gasteiger partial charge in [0.1, 0.15) is 21.4 Å². The fourth-order valence-electron chi connectivity index (χ4n) is 1.27. The van der Waals surface area contributed by atoms with Crippen molar-refractivity contribution in [3.8, 4) is 5.75 Å². The Morgan fingerprint density at radius 3 is 2.75 bits per heavy atom. The molecule has 2 N–H and O–H groups in total. The van der Waals surface area contributed by atoms with Gasteiger partial charge in [0.25, 0.3) is 0 Å². The Morgan fingerprint density at radius 2 is 2.00 bits per heavy atom. The lowest BCUT2D eigenvalue weighted by Gasteiger charge is -2.01. The van der Waals surface area contributed by atoms with Crippen LogP contribution in [-0.4, -0.2) is 25.8 Å². The molecule has 0 aliphatic heterocycles. The average Bonchev–Trinajstić information content (AvgIpc) is 2.41. The number of phenols is 1. The van der Waals surface area contributed by atoms with Crippen LogP contribution in [0.4, 0.5) is 0 Å². The molecule has 1 aromatic heterocycles. The number of fused-ring (bicyclic) bond motifs is 1. The molecular weight excluding hydrogens is 148 g/mol. The number of hydrogen-bond donors (Lipinski definition) is 2. The molecule has 0 atom stereocenters. The van der Waals surface area contributed by atoms with Gasteiger partial charge in [0, 0.05) is 5.52 Å². The predicted molar refractivity (Wildman–Crippen MR) is 50.7 cm³/mol. The second kappa shape index (κ2) is 2.34. The zero-order valence-corrected chi connectivity index (χ0v) is 6.33. The number of nitrogens with one attached hydrogen (secondary N) is 1.